The summed E-state index contributed by atoms with van der Waals surface area (Å²) in [5.41, 5.74) is 5.38. The van der Waals surface area contributed by atoms with Crippen molar-refractivity contribution in [1.82, 2.24) is 19.2 Å². The maximum Gasteiger partial charge on any atom is 0.259 e. The largest absolute Gasteiger partial charge is 0.270 e. The highest BCUT2D eigenvalue weighted by molar-refractivity contribution is 5.70. The molecule has 5 rings (SSSR count). The number of aryl methyl sites for hydroxylation is 2. The van der Waals surface area contributed by atoms with E-state index in [0.29, 0.717) is 23.6 Å². The molecule has 0 fully saturated rings. The van der Waals surface area contributed by atoms with Crippen molar-refractivity contribution in [1.29, 1.82) is 5.26 Å². The molecule has 0 spiro atoms. The first-order valence-electron chi connectivity index (χ1n) is 12.4. The molecular formula is C29H29N5O. The van der Waals surface area contributed by atoms with Gasteiger partial charge in [-0.05, 0) is 55.4 Å². The minimum absolute atomic E-state index is 0.00151. The van der Waals surface area contributed by atoms with E-state index in [2.05, 4.69) is 42.3 Å². The fourth-order valence-electron chi connectivity index (χ4n) is 5.05. The number of fused-ring (bicyclic) bond motifs is 1. The Balaban J connectivity index is 1.61. The van der Waals surface area contributed by atoms with E-state index in [4.69, 9.17) is 5.10 Å². The number of nitrogens with zero attached hydrogens (tertiary/aromatic N) is 5. The van der Waals surface area contributed by atoms with Gasteiger partial charge in [-0.1, -0.05) is 68.0 Å². The molecular weight excluding hydrogens is 434 g/mol. The molecule has 2 aromatic heterocycles. The van der Waals surface area contributed by atoms with E-state index in [1.54, 1.807) is 0 Å². The van der Waals surface area contributed by atoms with Gasteiger partial charge in [0.25, 0.3) is 5.56 Å². The van der Waals surface area contributed by atoms with Crippen molar-refractivity contribution in [2.24, 2.45) is 0 Å². The lowest BCUT2D eigenvalue weighted by atomic mass is 9.96. The number of benzene rings is 2. The molecule has 0 bridgehead atoms. The maximum atomic E-state index is 14.0. The first-order chi connectivity index (χ1) is 17.1. The van der Waals surface area contributed by atoms with Crippen molar-refractivity contribution in [3.8, 4) is 17.2 Å². The van der Waals surface area contributed by atoms with Gasteiger partial charge in [0, 0.05) is 12.0 Å². The molecule has 1 unspecified atom stereocenters. The molecule has 1 aliphatic rings. The summed E-state index contributed by atoms with van der Waals surface area (Å²) in [7, 11) is 0. The molecule has 35 heavy (non-hydrogen) atoms. The number of nitriles is 1. The topological polar surface area (TPSA) is 76.0 Å². The summed E-state index contributed by atoms with van der Waals surface area (Å²) in [4.78, 5) is 18.6. The van der Waals surface area contributed by atoms with Crippen LogP contribution in [0.1, 0.15) is 66.9 Å². The van der Waals surface area contributed by atoms with Crippen LogP contribution in [-0.4, -0.2) is 19.2 Å². The van der Waals surface area contributed by atoms with Gasteiger partial charge in [-0.3, -0.25) is 9.36 Å². The Labute approximate surface area is 205 Å². The molecule has 0 N–H and O–H groups in total. The Morgan fingerprint density at radius 1 is 1.14 bits per heavy atom. The van der Waals surface area contributed by atoms with Crippen LogP contribution in [0.3, 0.4) is 0 Å². The Bertz CT molecular complexity index is 1500. The summed E-state index contributed by atoms with van der Waals surface area (Å²) in [6.45, 7) is 4.00. The van der Waals surface area contributed by atoms with Crippen molar-refractivity contribution in [2.75, 3.05) is 0 Å². The van der Waals surface area contributed by atoms with Gasteiger partial charge >= 0.3 is 0 Å². The SMILES string of the molecule is CCCc1c(Cc2ccc(-c3ccccc3C#N)cc2)c(=O)n(C2C=CCCC2)c2nc(C)nn12. The van der Waals surface area contributed by atoms with Crippen molar-refractivity contribution in [3.63, 3.8) is 0 Å². The zero-order chi connectivity index (χ0) is 24.4. The minimum atomic E-state index is 0.00151. The Hall–Kier alpha value is -3.98. The van der Waals surface area contributed by atoms with Crippen LogP contribution >= 0.6 is 0 Å². The average molecular weight is 464 g/mol. The third-order valence-corrected chi connectivity index (χ3v) is 6.73. The van der Waals surface area contributed by atoms with Crippen LogP contribution in [0.2, 0.25) is 0 Å². The summed E-state index contributed by atoms with van der Waals surface area (Å²) in [6.07, 6.45) is 9.55. The molecule has 0 saturated carbocycles. The van der Waals surface area contributed by atoms with Crippen molar-refractivity contribution in [3.05, 3.63) is 99.2 Å². The quantitative estimate of drug-likeness (QED) is 0.351. The molecule has 176 valence electrons. The summed E-state index contributed by atoms with van der Waals surface area (Å²) in [5.74, 6) is 1.31. The van der Waals surface area contributed by atoms with Gasteiger partial charge in [-0.25, -0.2) is 4.52 Å². The Kier molecular flexibility index (Phi) is 6.33. The van der Waals surface area contributed by atoms with Gasteiger partial charge in [-0.2, -0.15) is 15.3 Å². The Morgan fingerprint density at radius 3 is 2.66 bits per heavy atom. The zero-order valence-corrected chi connectivity index (χ0v) is 20.2. The van der Waals surface area contributed by atoms with E-state index in [1.165, 1.54) is 0 Å². The van der Waals surface area contributed by atoms with Crippen LogP contribution in [0, 0.1) is 18.3 Å². The van der Waals surface area contributed by atoms with E-state index >= 15 is 0 Å². The molecule has 1 atom stereocenters. The van der Waals surface area contributed by atoms with E-state index in [-0.39, 0.29) is 11.6 Å². The van der Waals surface area contributed by atoms with Gasteiger partial charge < -0.3 is 0 Å². The van der Waals surface area contributed by atoms with E-state index in [1.807, 2.05) is 52.4 Å². The van der Waals surface area contributed by atoms with Crippen LogP contribution in [0.25, 0.3) is 16.9 Å². The second kappa shape index (κ2) is 9.71. The predicted molar refractivity (Wildman–Crippen MR) is 137 cm³/mol. The molecule has 0 aliphatic heterocycles. The molecule has 2 heterocycles. The van der Waals surface area contributed by atoms with E-state index < -0.39 is 0 Å². The molecule has 4 aromatic rings. The molecule has 6 heteroatoms. The zero-order valence-electron chi connectivity index (χ0n) is 20.2. The van der Waals surface area contributed by atoms with Crippen molar-refractivity contribution < 1.29 is 0 Å². The monoisotopic (exact) mass is 463 g/mol. The van der Waals surface area contributed by atoms with E-state index in [0.717, 1.165) is 60.1 Å². The normalized spacial score (nSPS) is 15.4. The van der Waals surface area contributed by atoms with Crippen molar-refractivity contribution in [2.45, 2.75) is 58.4 Å². The Morgan fingerprint density at radius 2 is 1.94 bits per heavy atom. The second-order valence-corrected chi connectivity index (χ2v) is 9.18. The van der Waals surface area contributed by atoms with Gasteiger partial charge in [0.2, 0.25) is 5.78 Å². The number of hydrogen-bond donors (Lipinski definition) is 0. The van der Waals surface area contributed by atoms with Crippen LogP contribution in [0.5, 0.6) is 0 Å². The molecule has 1 aliphatic carbocycles. The summed E-state index contributed by atoms with van der Waals surface area (Å²) >= 11 is 0. The molecule has 0 amide bonds. The smallest absolute Gasteiger partial charge is 0.259 e. The molecule has 6 nitrogen and oxygen atoms in total. The van der Waals surface area contributed by atoms with Gasteiger partial charge in [0.05, 0.1) is 23.4 Å². The highest BCUT2D eigenvalue weighted by Crippen LogP contribution is 2.26. The van der Waals surface area contributed by atoms with Gasteiger partial charge in [0.1, 0.15) is 5.82 Å². The molecule has 2 aromatic carbocycles. The maximum absolute atomic E-state index is 14.0. The fraction of sp³-hybridized carbons (Fsp3) is 0.310. The minimum Gasteiger partial charge on any atom is -0.270 e. The highest BCUT2D eigenvalue weighted by atomic mass is 16.1. The third-order valence-electron chi connectivity index (χ3n) is 6.73. The average Bonchev–Trinajstić information content (AvgIpc) is 3.28. The van der Waals surface area contributed by atoms with Gasteiger partial charge in [-0.15, -0.1) is 0 Å². The lowest BCUT2D eigenvalue weighted by Gasteiger charge is -2.22. The summed E-state index contributed by atoms with van der Waals surface area (Å²) in [6, 6.07) is 18.1. The second-order valence-electron chi connectivity index (χ2n) is 9.18. The van der Waals surface area contributed by atoms with Crippen molar-refractivity contribution >= 4 is 5.78 Å². The standard InChI is InChI=1S/C29H29N5O/c1-3-9-27-26(18-21-14-16-22(17-15-21)25-13-8-7-10-23(25)19-30)28(35)33(24-11-5-4-6-12-24)29-31-20(2)32-34(27)29/h5,7-8,10-11,13-17,24H,3-4,6,9,12,18H2,1-2H3. The summed E-state index contributed by atoms with van der Waals surface area (Å²) in [5, 5.41) is 14.2. The first-order valence-corrected chi connectivity index (χ1v) is 12.4. The molecule has 0 saturated heterocycles. The van der Waals surface area contributed by atoms with Crippen LogP contribution < -0.4 is 5.56 Å². The number of rotatable bonds is 6. The third kappa shape index (κ3) is 4.30. The van der Waals surface area contributed by atoms with Crippen LogP contribution in [0.4, 0.5) is 0 Å². The number of hydrogen-bond acceptors (Lipinski definition) is 4. The number of allylic oxidation sites excluding steroid dienone is 2. The van der Waals surface area contributed by atoms with Gasteiger partial charge in [0.15, 0.2) is 0 Å². The number of aromatic nitrogens is 4. The predicted octanol–water partition coefficient (Wildman–Crippen LogP) is 5.56. The first kappa shape index (κ1) is 22.8. The lowest BCUT2D eigenvalue weighted by Crippen LogP contribution is -2.32. The van der Waals surface area contributed by atoms with E-state index in [9.17, 15) is 10.1 Å². The molecule has 0 radical (unpaired) electrons. The highest BCUT2D eigenvalue weighted by Gasteiger charge is 2.23. The van der Waals surface area contributed by atoms with Crippen LogP contribution in [-0.2, 0) is 12.8 Å². The summed E-state index contributed by atoms with van der Waals surface area (Å²) < 4.78 is 3.75. The van der Waals surface area contributed by atoms with Crippen LogP contribution in [0.15, 0.2) is 65.5 Å². The fourth-order valence-corrected chi connectivity index (χ4v) is 5.05. The lowest BCUT2D eigenvalue weighted by molar-refractivity contribution is 0.501.